The van der Waals surface area contributed by atoms with Gasteiger partial charge in [0.25, 0.3) is 0 Å². The SMILES string of the molecule is Cc1c(C#N)noc1-c1cccs1. The molecule has 2 aromatic rings. The normalized spacial score (nSPS) is 9.85. The summed E-state index contributed by atoms with van der Waals surface area (Å²) >= 11 is 1.57. The van der Waals surface area contributed by atoms with Crippen LogP contribution in [0.3, 0.4) is 0 Å². The van der Waals surface area contributed by atoms with Gasteiger partial charge in [-0.3, -0.25) is 0 Å². The van der Waals surface area contributed by atoms with Gasteiger partial charge in [0.1, 0.15) is 6.07 Å². The predicted molar refractivity (Wildman–Crippen MR) is 49.3 cm³/mol. The summed E-state index contributed by atoms with van der Waals surface area (Å²) in [6.07, 6.45) is 0. The van der Waals surface area contributed by atoms with Gasteiger partial charge in [0.15, 0.2) is 11.5 Å². The zero-order valence-corrected chi connectivity index (χ0v) is 7.76. The third kappa shape index (κ3) is 1.23. The lowest BCUT2D eigenvalue weighted by Crippen LogP contribution is -1.76. The van der Waals surface area contributed by atoms with E-state index in [1.807, 2.05) is 30.5 Å². The van der Waals surface area contributed by atoms with Crippen molar-refractivity contribution in [1.29, 1.82) is 5.26 Å². The highest BCUT2D eigenvalue weighted by Crippen LogP contribution is 2.28. The number of nitrogens with zero attached hydrogens (tertiary/aromatic N) is 2. The van der Waals surface area contributed by atoms with Crippen molar-refractivity contribution in [2.24, 2.45) is 0 Å². The molecule has 13 heavy (non-hydrogen) atoms. The van der Waals surface area contributed by atoms with Gasteiger partial charge in [-0.2, -0.15) is 5.26 Å². The van der Waals surface area contributed by atoms with E-state index in [9.17, 15) is 0 Å². The summed E-state index contributed by atoms with van der Waals surface area (Å²) in [6, 6.07) is 5.86. The Hall–Kier alpha value is -1.60. The maximum absolute atomic E-state index is 8.66. The summed E-state index contributed by atoms with van der Waals surface area (Å²) in [4.78, 5) is 1.01. The maximum Gasteiger partial charge on any atom is 0.187 e. The smallest absolute Gasteiger partial charge is 0.187 e. The standard InChI is InChI=1S/C9H6N2OS/c1-6-7(5-10)11-12-9(6)8-3-2-4-13-8/h2-4H,1H3. The fourth-order valence-electron chi connectivity index (χ4n) is 1.08. The number of hydrogen-bond acceptors (Lipinski definition) is 4. The van der Waals surface area contributed by atoms with Crippen LogP contribution in [0, 0.1) is 18.3 Å². The Balaban J connectivity index is 2.55. The van der Waals surface area contributed by atoms with Crippen LogP contribution >= 0.6 is 11.3 Å². The minimum Gasteiger partial charge on any atom is -0.354 e. The van der Waals surface area contributed by atoms with Crippen molar-refractivity contribution in [3.05, 3.63) is 28.8 Å². The van der Waals surface area contributed by atoms with Crippen LogP contribution in [0.4, 0.5) is 0 Å². The zero-order valence-electron chi connectivity index (χ0n) is 6.94. The second-order valence-corrected chi connectivity index (χ2v) is 3.52. The van der Waals surface area contributed by atoms with Gasteiger partial charge in [-0.15, -0.1) is 11.3 Å². The second kappa shape index (κ2) is 3.04. The summed E-state index contributed by atoms with van der Waals surface area (Å²) in [5.74, 6) is 0.701. The molecule has 0 fully saturated rings. The van der Waals surface area contributed by atoms with Gasteiger partial charge in [-0.25, -0.2) is 0 Å². The van der Waals surface area contributed by atoms with Crippen LogP contribution in [-0.2, 0) is 0 Å². The first-order valence-corrected chi connectivity index (χ1v) is 4.61. The Labute approximate surface area is 79.2 Å². The average molecular weight is 190 g/mol. The van der Waals surface area contributed by atoms with E-state index in [2.05, 4.69) is 5.16 Å². The molecule has 0 atom stereocenters. The van der Waals surface area contributed by atoms with E-state index in [1.165, 1.54) is 0 Å². The van der Waals surface area contributed by atoms with Crippen molar-refractivity contribution in [2.75, 3.05) is 0 Å². The lowest BCUT2D eigenvalue weighted by molar-refractivity contribution is 0.430. The van der Waals surface area contributed by atoms with E-state index in [1.54, 1.807) is 11.3 Å². The molecule has 2 aromatic heterocycles. The summed E-state index contributed by atoms with van der Waals surface area (Å²) in [7, 11) is 0. The average Bonchev–Trinajstić information content (AvgIpc) is 2.72. The molecule has 0 bridgehead atoms. The van der Waals surface area contributed by atoms with Gasteiger partial charge >= 0.3 is 0 Å². The molecule has 0 aliphatic carbocycles. The van der Waals surface area contributed by atoms with Gasteiger partial charge in [0.2, 0.25) is 0 Å². The van der Waals surface area contributed by atoms with Crippen LogP contribution in [0.25, 0.3) is 10.6 Å². The van der Waals surface area contributed by atoms with Crippen LogP contribution in [0.5, 0.6) is 0 Å². The molecule has 0 aromatic carbocycles. The van der Waals surface area contributed by atoms with Crippen LogP contribution in [0.2, 0.25) is 0 Å². The number of thiophene rings is 1. The highest BCUT2D eigenvalue weighted by atomic mass is 32.1. The summed E-state index contributed by atoms with van der Waals surface area (Å²) in [5.41, 5.74) is 1.17. The summed E-state index contributed by atoms with van der Waals surface area (Å²) in [5, 5.41) is 14.3. The summed E-state index contributed by atoms with van der Waals surface area (Å²) in [6.45, 7) is 1.84. The van der Waals surface area contributed by atoms with Crippen molar-refractivity contribution >= 4 is 11.3 Å². The van der Waals surface area contributed by atoms with E-state index >= 15 is 0 Å². The third-order valence-electron chi connectivity index (χ3n) is 1.77. The molecule has 2 rings (SSSR count). The molecule has 4 heteroatoms. The Morgan fingerprint density at radius 1 is 1.62 bits per heavy atom. The number of aromatic nitrogens is 1. The summed E-state index contributed by atoms with van der Waals surface area (Å²) < 4.78 is 5.07. The quantitative estimate of drug-likeness (QED) is 0.694. The van der Waals surface area contributed by atoms with Gasteiger partial charge < -0.3 is 4.52 Å². The molecule has 3 nitrogen and oxygen atoms in total. The molecular formula is C9H6N2OS. The fourth-order valence-corrected chi connectivity index (χ4v) is 1.84. The van der Waals surface area contributed by atoms with Crippen molar-refractivity contribution in [2.45, 2.75) is 6.92 Å². The topological polar surface area (TPSA) is 49.8 Å². The second-order valence-electron chi connectivity index (χ2n) is 2.57. The largest absolute Gasteiger partial charge is 0.354 e. The predicted octanol–water partition coefficient (Wildman–Crippen LogP) is 2.58. The van der Waals surface area contributed by atoms with Gasteiger partial charge in [-0.05, 0) is 18.4 Å². The van der Waals surface area contributed by atoms with Crippen molar-refractivity contribution in [3.63, 3.8) is 0 Å². The first-order chi connectivity index (χ1) is 6.33. The molecule has 0 N–H and O–H groups in total. The molecule has 0 spiro atoms. The Morgan fingerprint density at radius 2 is 2.46 bits per heavy atom. The maximum atomic E-state index is 8.66. The van der Waals surface area contributed by atoms with Crippen LogP contribution in [0.15, 0.2) is 22.0 Å². The molecule has 2 heterocycles. The molecule has 0 radical (unpaired) electrons. The molecular weight excluding hydrogens is 184 g/mol. The molecule has 0 unspecified atom stereocenters. The highest BCUT2D eigenvalue weighted by molar-refractivity contribution is 7.13. The lowest BCUT2D eigenvalue weighted by Gasteiger charge is -1.88. The van der Waals surface area contributed by atoms with Crippen LogP contribution < -0.4 is 0 Å². The van der Waals surface area contributed by atoms with Crippen molar-refractivity contribution in [1.82, 2.24) is 5.16 Å². The molecule has 0 saturated carbocycles. The van der Waals surface area contributed by atoms with Gasteiger partial charge in [0.05, 0.1) is 4.88 Å². The van der Waals surface area contributed by atoms with Gasteiger partial charge in [0, 0.05) is 5.56 Å². The molecule has 0 saturated heterocycles. The molecule has 0 aliphatic rings. The highest BCUT2D eigenvalue weighted by Gasteiger charge is 2.13. The first-order valence-electron chi connectivity index (χ1n) is 3.73. The van der Waals surface area contributed by atoms with Crippen molar-refractivity contribution in [3.8, 4) is 16.7 Å². The Morgan fingerprint density at radius 3 is 3.00 bits per heavy atom. The third-order valence-corrected chi connectivity index (χ3v) is 2.64. The van der Waals surface area contributed by atoms with Crippen LogP contribution in [0.1, 0.15) is 11.3 Å². The lowest BCUT2D eigenvalue weighted by atomic mass is 10.2. The Bertz CT molecular complexity index is 450. The van der Waals surface area contributed by atoms with E-state index in [-0.39, 0.29) is 0 Å². The zero-order chi connectivity index (χ0) is 9.26. The molecule has 64 valence electrons. The molecule has 0 amide bonds. The van der Waals surface area contributed by atoms with E-state index in [4.69, 9.17) is 9.78 Å². The number of rotatable bonds is 1. The Kier molecular flexibility index (Phi) is 1.87. The van der Waals surface area contributed by atoms with E-state index in [0.29, 0.717) is 11.5 Å². The van der Waals surface area contributed by atoms with E-state index in [0.717, 1.165) is 10.4 Å². The van der Waals surface area contributed by atoms with Crippen LogP contribution in [-0.4, -0.2) is 5.16 Å². The van der Waals surface area contributed by atoms with Gasteiger partial charge in [-0.1, -0.05) is 11.2 Å². The molecule has 0 aliphatic heterocycles. The minimum absolute atomic E-state index is 0.364. The monoisotopic (exact) mass is 190 g/mol. The van der Waals surface area contributed by atoms with E-state index < -0.39 is 0 Å². The van der Waals surface area contributed by atoms with Crippen molar-refractivity contribution < 1.29 is 4.52 Å². The minimum atomic E-state index is 0.364. The fraction of sp³-hybridized carbons (Fsp3) is 0.111. The number of hydrogen-bond donors (Lipinski definition) is 0. The first kappa shape index (κ1) is 8.02. The number of nitriles is 1.